The number of likely N-dealkylation sites (tertiary alicyclic amines) is 2. The standard InChI is InChI=1S/C29H39N3O3/c1-34-22-7-6-20-16-23-28-9-8-21(32(15-10-28)24(33)18-30-12-2-3-13-30)27-29(28,25(20)26(22)35-27)11-14-31(23)17-19-4-5-19/h6-7,19,21,23,27H,2-5,8-18H2,1H3/t21-,23-,27+,28-,29+/m1/s1. The number of nitrogens with zero attached hydrogens (tertiary/aromatic N) is 3. The van der Waals surface area contributed by atoms with Gasteiger partial charge in [-0.25, -0.2) is 0 Å². The second-order valence-electron chi connectivity index (χ2n) is 12.6. The predicted molar refractivity (Wildman–Crippen MR) is 133 cm³/mol. The Morgan fingerprint density at radius 3 is 2.74 bits per heavy atom. The van der Waals surface area contributed by atoms with Crippen LogP contribution in [0, 0.1) is 11.3 Å². The number of piperidine rings is 1. The summed E-state index contributed by atoms with van der Waals surface area (Å²) in [5.41, 5.74) is 3.19. The van der Waals surface area contributed by atoms with Crippen LogP contribution in [0.25, 0.3) is 0 Å². The first kappa shape index (κ1) is 21.3. The summed E-state index contributed by atoms with van der Waals surface area (Å²) < 4.78 is 12.9. The van der Waals surface area contributed by atoms with Crippen LogP contribution in [0.2, 0.25) is 0 Å². The quantitative estimate of drug-likeness (QED) is 0.652. The largest absolute Gasteiger partial charge is 0.493 e. The Morgan fingerprint density at radius 2 is 1.94 bits per heavy atom. The van der Waals surface area contributed by atoms with Crippen molar-refractivity contribution in [2.24, 2.45) is 11.3 Å². The summed E-state index contributed by atoms with van der Waals surface area (Å²) in [5.74, 6) is 3.13. The highest BCUT2D eigenvalue weighted by molar-refractivity contribution is 5.79. The maximum atomic E-state index is 13.8. The summed E-state index contributed by atoms with van der Waals surface area (Å²) in [5, 5.41) is 0. The van der Waals surface area contributed by atoms with Crippen LogP contribution in [0.4, 0.5) is 0 Å². The van der Waals surface area contributed by atoms with Crippen molar-refractivity contribution in [2.75, 3.05) is 46.4 Å². The van der Waals surface area contributed by atoms with Gasteiger partial charge in [-0.2, -0.15) is 0 Å². The van der Waals surface area contributed by atoms with Crippen LogP contribution in [-0.4, -0.2) is 85.2 Å². The third kappa shape index (κ3) is 2.71. The first-order chi connectivity index (χ1) is 17.1. The van der Waals surface area contributed by atoms with E-state index in [1.165, 1.54) is 62.7 Å². The van der Waals surface area contributed by atoms with Gasteiger partial charge in [0.15, 0.2) is 11.5 Å². The molecule has 5 heterocycles. The van der Waals surface area contributed by atoms with Gasteiger partial charge in [0.2, 0.25) is 5.91 Å². The summed E-state index contributed by atoms with van der Waals surface area (Å²) in [7, 11) is 1.77. The average molecular weight is 478 g/mol. The number of hydrogen-bond acceptors (Lipinski definition) is 5. The molecule has 0 N–H and O–H groups in total. The lowest BCUT2D eigenvalue weighted by Crippen LogP contribution is -2.72. The van der Waals surface area contributed by atoms with Gasteiger partial charge in [0.25, 0.3) is 0 Å². The fraction of sp³-hybridized carbons (Fsp3) is 0.759. The number of amides is 1. The number of ether oxygens (including phenoxy) is 2. The van der Waals surface area contributed by atoms with Crippen molar-refractivity contribution in [2.45, 2.75) is 81.4 Å². The molecule has 2 saturated carbocycles. The Balaban J connectivity index is 1.25. The molecule has 5 atom stereocenters. The first-order valence-electron chi connectivity index (χ1n) is 14.3. The SMILES string of the molecule is COc1ccc2c3c1O[C@H]1[C@H]4CC[C@@]5(CCN4C(=O)CN4CCCC4)[C@@H](C2)N(CC2CC2)CC[C@]315. The number of carbonyl (C=O) groups excluding carboxylic acids is 1. The van der Waals surface area contributed by atoms with Crippen molar-refractivity contribution >= 4 is 5.91 Å². The highest BCUT2D eigenvalue weighted by Crippen LogP contribution is 2.71. The molecule has 4 saturated heterocycles. The highest BCUT2D eigenvalue weighted by Gasteiger charge is 2.74. The summed E-state index contributed by atoms with van der Waals surface area (Å²) in [6, 6.07) is 5.22. The zero-order chi connectivity index (χ0) is 23.4. The van der Waals surface area contributed by atoms with E-state index in [-0.39, 0.29) is 23.0 Å². The third-order valence-corrected chi connectivity index (χ3v) is 11.3. The fourth-order valence-electron chi connectivity index (χ4n) is 9.67. The molecule has 6 nitrogen and oxygen atoms in total. The molecule has 0 aromatic heterocycles. The zero-order valence-corrected chi connectivity index (χ0v) is 21.1. The van der Waals surface area contributed by atoms with Crippen molar-refractivity contribution in [1.29, 1.82) is 0 Å². The Bertz CT molecular complexity index is 1070. The van der Waals surface area contributed by atoms with E-state index in [9.17, 15) is 4.79 Å². The molecule has 1 aromatic rings. The van der Waals surface area contributed by atoms with Crippen LogP contribution in [0.5, 0.6) is 11.5 Å². The van der Waals surface area contributed by atoms with Crippen LogP contribution in [0.15, 0.2) is 12.1 Å². The normalized spacial score (nSPS) is 39.3. The molecule has 1 amide bonds. The van der Waals surface area contributed by atoms with Crippen LogP contribution in [0.3, 0.4) is 0 Å². The van der Waals surface area contributed by atoms with Crippen molar-refractivity contribution in [3.63, 3.8) is 0 Å². The number of carbonyl (C=O) groups is 1. The maximum absolute atomic E-state index is 13.8. The van der Waals surface area contributed by atoms with Gasteiger partial charge in [0, 0.05) is 35.5 Å². The van der Waals surface area contributed by atoms with Gasteiger partial charge < -0.3 is 14.4 Å². The van der Waals surface area contributed by atoms with Crippen molar-refractivity contribution in [3.05, 3.63) is 23.3 Å². The minimum Gasteiger partial charge on any atom is -0.493 e. The van der Waals surface area contributed by atoms with E-state index in [4.69, 9.17) is 9.47 Å². The predicted octanol–water partition coefficient (Wildman–Crippen LogP) is 3.21. The molecule has 2 spiro atoms. The Kier molecular flexibility index (Phi) is 4.49. The van der Waals surface area contributed by atoms with Gasteiger partial charge in [-0.1, -0.05) is 6.07 Å². The fourth-order valence-corrected chi connectivity index (χ4v) is 9.67. The van der Waals surface area contributed by atoms with Gasteiger partial charge in [-0.15, -0.1) is 0 Å². The maximum Gasteiger partial charge on any atom is 0.237 e. The van der Waals surface area contributed by atoms with E-state index < -0.39 is 0 Å². The minimum absolute atomic E-state index is 0.0285. The van der Waals surface area contributed by atoms with E-state index in [0.29, 0.717) is 18.5 Å². The lowest BCUT2D eigenvalue weighted by Gasteiger charge is -2.66. The van der Waals surface area contributed by atoms with E-state index in [0.717, 1.165) is 56.3 Å². The number of methoxy groups -OCH3 is 1. The van der Waals surface area contributed by atoms with Gasteiger partial charge in [-0.05, 0) is 95.0 Å². The second-order valence-corrected chi connectivity index (χ2v) is 12.6. The lowest BCUT2D eigenvalue weighted by atomic mass is 9.42. The van der Waals surface area contributed by atoms with E-state index in [1.54, 1.807) is 7.11 Å². The molecule has 6 fully saturated rings. The molecule has 188 valence electrons. The molecular weight excluding hydrogens is 438 g/mol. The highest BCUT2D eigenvalue weighted by atomic mass is 16.5. The Hall–Kier alpha value is -1.79. The summed E-state index contributed by atoms with van der Waals surface area (Å²) in [4.78, 5) is 21.3. The van der Waals surface area contributed by atoms with Gasteiger partial charge in [0.05, 0.1) is 19.7 Å². The number of rotatable bonds is 5. The summed E-state index contributed by atoms with van der Waals surface area (Å²) in [6.45, 7) is 6.08. The smallest absolute Gasteiger partial charge is 0.237 e. The summed E-state index contributed by atoms with van der Waals surface area (Å²) >= 11 is 0. The van der Waals surface area contributed by atoms with Crippen LogP contribution in [0.1, 0.15) is 62.5 Å². The third-order valence-electron chi connectivity index (χ3n) is 11.3. The number of benzene rings is 1. The molecule has 0 unspecified atom stereocenters. The Labute approximate surface area is 208 Å². The molecule has 9 rings (SSSR count). The van der Waals surface area contributed by atoms with Gasteiger partial charge in [0.1, 0.15) is 6.10 Å². The molecule has 3 aliphatic carbocycles. The average Bonchev–Trinajstić information content (AvgIpc) is 3.49. The van der Waals surface area contributed by atoms with Crippen molar-refractivity contribution < 1.29 is 14.3 Å². The topological polar surface area (TPSA) is 45.3 Å². The van der Waals surface area contributed by atoms with Crippen molar-refractivity contribution in [3.8, 4) is 11.5 Å². The van der Waals surface area contributed by atoms with E-state index in [2.05, 4.69) is 26.8 Å². The van der Waals surface area contributed by atoms with E-state index >= 15 is 0 Å². The molecule has 0 radical (unpaired) electrons. The van der Waals surface area contributed by atoms with E-state index in [1.807, 2.05) is 0 Å². The lowest BCUT2D eigenvalue weighted by molar-refractivity contribution is -0.144. The van der Waals surface area contributed by atoms with Gasteiger partial charge >= 0.3 is 0 Å². The summed E-state index contributed by atoms with van der Waals surface area (Å²) in [6.07, 6.45) is 11.1. The molecule has 6 heteroatoms. The zero-order valence-electron chi connectivity index (χ0n) is 21.1. The van der Waals surface area contributed by atoms with Crippen LogP contribution in [-0.2, 0) is 16.6 Å². The molecule has 35 heavy (non-hydrogen) atoms. The number of fused-ring (bicyclic) bond motifs is 3. The number of hydrogen-bond donors (Lipinski definition) is 0. The molecule has 5 aliphatic heterocycles. The first-order valence-corrected chi connectivity index (χ1v) is 14.3. The second kappa shape index (κ2) is 7.38. The molecule has 1 aromatic carbocycles. The van der Waals surface area contributed by atoms with Crippen LogP contribution >= 0.6 is 0 Å². The minimum atomic E-state index is 0.0285. The van der Waals surface area contributed by atoms with Gasteiger partial charge in [-0.3, -0.25) is 14.6 Å². The monoisotopic (exact) mass is 477 g/mol. The molecule has 4 bridgehead atoms. The van der Waals surface area contributed by atoms with Crippen molar-refractivity contribution in [1.82, 2.24) is 14.7 Å². The molecule has 8 aliphatic rings. The Morgan fingerprint density at radius 1 is 1.09 bits per heavy atom. The van der Waals surface area contributed by atoms with Crippen LogP contribution < -0.4 is 9.47 Å². The molecular formula is C29H39N3O3.